The molecule has 0 fully saturated rings. The van der Waals surface area contributed by atoms with Gasteiger partial charge in [0.1, 0.15) is 0 Å². The van der Waals surface area contributed by atoms with Crippen molar-refractivity contribution >= 4 is 15.9 Å². The molecule has 0 aliphatic rings. The Morgan fingerprint density at radius 3 is 2.56 bits per heavy atom. The van der Waals surface area contributed by atoms with E-state index in [4.69, 9.17) is 0 Å². The summed E-state index contributed by atoms with van der Waals surface area (Å²) in [6.45, 7) is 7.24. The first-order chi connectivity index (χ1) is 7.61. The molecule has 0 bridgehead atoms. The van der Waals surface area contributed by atoms with Gasteiger partial charge in [0.2, 0.25) is 0 Å². The number of hydrogen-bond donors (Lipinski definition) is 0. The van der Waals surface area contributed by atoms with Gasteiger partial charge in [-0.3, -0.25) is 4.79 Å². The standard InChI is InChI=1S/C13H20BrNO/c1-4-5-8-15-12(10(2)3)7-6-11(9-14)13(15)16/h6-7,10H,4-5,8-9H2,1-3H3. The largest absolute Gasteiger partial charge is 0.312 e. The van der Waals surface area contributed by atoms with Gasteiger partial charge in [-0.05, 0) is 18.4 Å². The maximum atomic E-state index is 12.2. The Bertz CT molecular complexity index is 395. The minimum absolute atomic E-state index is 0.163. The third-order valence-electron chi connectivity index (χ3n) is 2.76. The van der Waals surface area contributed by atoms with E-state index in [0.717, 1.165) is 30.6 Å². The van der Waals surface area contributed by atoms with Crippen LogP contribution in [0.4, 0.5) is 0 Å². The van der Waals surface area contributed by atoms with E-state index in [2.05, 4.69) is 42.8 Å². The molecule has 2 nitrogen and oxygen atoms in total. The van der Waals surface area contributed by atoms with Crippen molar-refractivity contribution in [1.29, 1.82) is 0 Å². The SMILES string of the molecule is CCCCn1c(C(C)C)ccc(CBr)c1=O. The Balaban J connectivity index is 3.20. The second kappa shape index (κ2) is 6.24. The topological polar surface area (TPSA) is 22.0 Å². The van der Waals surface area contributed by atoms with E-state index in [1.807, 2.05) is 10.6 Å². The Morgan fingerprint density at radius 2 is 2.06 bits per heavy atom. The smallest absolute Gasteiger partial charge is 0.254 e. The lowest BCUT2D eigenvalue weighted by atomic mass is 10.1. The molecule has 16 heavy (non-hydrogen) atoms. The third-order valence-corrected chi connectivity index (χ3v) is 3.36. The fraction of sp³-hybridized carbons (Fsp3) is 0.615. The summed E-state index contributed by atoms with van der Waals surface area (Å²) in [4.78, 5) is 12.2. The molecule has 1 aromatic heterocycles. The van der Waals surface area contributed by atoms with Crippen LogP contribution in [0, 0.1) is 0 Å². The lowest BCUT2D eigenvalue weighted by Gasteiger charge is -2.16. The predicted molar refractivity (Wildman–Crippen MR) is 72.3 cm³/mol. The van der Waals surface area contributed by atoms with Gasteiger partial charge in [-0.1, -0.05) is 49.2 Å². The molecular weight excluding hydrogens is 266 g/mol. The number of pyridine rings is 1. The van der Waals surface area contributed by atoms with Crippen LogP contribution in [-0.2, 0) is 11.9 Å². The van der Waals surface area contributed by atoms with Gasteiger partial charge < -0.3 is 4.57 Å². The Labute approximate surface area is 106 Å². The summed E-state index contributed by atoms with van der Waals surface area (Å²) in [5, 5.41) is 0.635. The fourth-order valence-electron chi connectivity index (χ4n) is 1.79. The summed E-state index contributed by atoms with van der Waals surface area (Å²) in [5.74, 6) is 0.397. The average Bonchev–Trinajstić information content (AvgIpc) is 2.26. The molecule has 0 aromatic carbocycles. The highest BCUT2D eigenvalue weighted by Crippen LogP contribution is 2.14. The van der Waals surface area contributed by atoms with Gasteiger partial charge in [0.15, 0.2) is 0 Å². The number of alkyl halides is 1. The first-order valence-corrected chi connectivity index (χ1v) is 7.02. The van der Waals surface area contributed by atoms with Gasteiger partial charge in [-0.15, -0.1) is 0 Å². The first kappa shape index (κ1) is 13.5. The predicted octanol–water partition coefficient (Wildman–Crippen LogP) is 3.67. The number of halogens is 1. The molecule has 0 amide bonds. The molecule has 0 unspecified atom stereocenters. The molecule has 0 saturated heterocycles. The summed E-state index contributed by atoms with van der Waals surface area (Å²) >= 11 is 3.36. The molecule has 0 aliphatic carbocycles. The van der Waals surface area contributed by atoms with Crippen LogP contribution in [0.3, 0.4) is 0 Å². The van der Waals surface area contributed by atoms with Crippen molar-refractivity contribution in [1.82, 2.24) is 4.57 Å². The van der Waals surface area contributed by atoms with Crippen LogP contribution in [0.5, 0.6) is 0 Å². The highest BCUT2D eigenvalue weighted by Gasteiger charge is 2.10. The quantitative estimate of drug-likeness (QED) is 0.757. The summed E-state index contributed by atoms with van der Waals surface area (Å²) in [6, 6.07) is 4.02. The van der Waals surface area contributed by atoms with E-state index >= 15 is 0 Å². The summed E-state index contributed by atoms with van der Waals surface area (Å²) in [5.41, 5.74) is 2.15. The number of unbranched alkanes of at least 4 members (excludes halogenated alkanes) is 1. The fourth-order valence-corrected chi connectivity index (χ4v) is 2.22. The molecule has 3 heteroatoms. The van der Waals surface area contributed by atoms with Gasteiger partial charge >= 0.3 is 0 Å². The monoisotopic (exact) mass is 285 g/mol. The molecular formula is C13H20BrNO. The summed E-state index contributed by atoms with van der Waals surface area (Å²) < 4.78 is 1.94. The van der Waals surface area contributed by atoms with Crippen molar-refractivity contribution < 1.29 is 0 Å². The van der Waals surface area contributed by atoms with Crippen LogP contribution >= 0.6 is 15.9 Å². The second-order valence-corrected chi connectivity index (χ2v) is 4.94. The Kier molecular flexibility index (Phi) is 5.26. The molecule has 1 aromatic rings. The molecule has 0 saturated carbocycles. The molecule has 0 radical (unpaired) electrons. The molecule has 0 aliphatic heterocycles. The van der Waals surface area contributed by atoms with Crippen molar-refractivity contribution in [2.75, 3.05) is 0 Å². The Morgan fingerprint density at radius 1 is 1.38 bits per heavy atom. The van der Waals surface area contributed by atoms with Crippen molar-refractivity contribution in [3.63, 3.8) is 0 Å². The lowest BCUT2D eigenvalue weighted by Crippen LogP contribution is -2.26. The van der Waals surface area contributed by atoms with E-state index in [-0.39, 0.29) is 5.56 Å². The first-order valence-electron chi connectivity index (χ1n) is 5.90. The molecule has 90 valence electrons. The highest BCUT2D eigenvalue weighted by atomic mass is 79.9. The molecule has 1 heterocycles. The van der Waals surface area contributed by atoms with Gasteiger partial charge in [-0.2, -0.15) is 0 Å². The zero-order valence-corrected chi connectivity index (χ0v) is 11.9. The van der Waals surface area contributed by atoms with E-state index in [1.54, 1.807) is 0 Å². The zero-order valence-electron chi connectivity index (χ0n) is 10.3. The zero-order chi connectivity index (χ0) is 12.1. The van der Waals surface area contributed by atoms with E-state index in [9.17, 15) is 4.79 Å². The number of aromatic nitrogens is 1. The van der Waals surface area contributed by atoms with Gasteiger partial charge in [-0.25, -0.2) is 0 Å². The van der Waals surface area contributed by atoms with Crippen molar-refractivity contribution in [2.45, 2.75) is 51.4 Å². The molecule has 0 spiro atoms. The van der Waals surface area contributed by atoms with E-state index < -0.39 is 0 Å². The minimum atomic E-state index is 0.163. The second-order valence-electron chi connectivity index (χ2n) is 4.38. The van der Waals surface area contributed by atoms with Crippen molar-refractivity contribution in [2.24, 2.45) is 0 Å². The van der Waals surface area contributed by atoms with Gasteiger partial charge in [0, 0.05) is 23.1 Å². The Hall–Kier alpha value is -0.570. The number of nitrogens with zero attached hydrogens (tertiary/aromatic N) is 1. The van der Waals surface area contributed by atoms with Crippen molar-refractivity contribution in [3.8, 4) is 0 Å². The number of hydrogen-bond acceptors (Lipinski definition) is 1. The maximum Gasteiger partial charge on any atom is 0.254 e. The van der Waals surface area contributed by atoms with Crippen LogP contribution in [0.15, 0.2) is 16.9 Å². The van der Waals surface area contributed by atoms with Crippen LogP contribution in [0.25, 0.3) is 0 Å². The van der Waals surface area contributed by atoms with Crippen LogP contribution in [-0.4, -0.2) is 4.57 Å². The third kappa shape index (κ3) is 2.97. The summed E-state index contributed by atoms with van der Waals surface area (Å²) in [6.07, 6.45) is 2.17. The van der Waals surface area contributed by atoms with Crippen LogP contribution in [0.1, 0.15) is 50.8 Å². The average molecular weight is 286 g/mol. The molecule has 0 N–H and O–H groups in total. The van der Waals surface area contributed by atoms with Crippen LogP contribution < -0.4 is 5.56 Å². The highest BCUT2D eigenvalue weighted by molar-refractivity contribution is 9.08. The lowest BCUT2D eigenvalue weighted by molar-refractivity contribution is 0.567. The van der Waals surface area contributed by atoms with Crippen LogP contribution in [0.2, 0.25) is 0 Å². The molecule has 1 rings (SSSR count). The normalized spacial score (nSPS) is 11.1. The number of rotatable bonds is 5. The maximum absolute atomic E-state index is 12.2. The van der Waals surface area contributed by atoms with Gasteiger partial charge in [0.25, 0.3) is 5.56 Å². The van der Waals surface area contributed by atoms with Crippen molar-refractivity contribution in [3.05, 3.63) is 33.7 Å². The van der Waals surface area contributed by atoms with E-state index in [0.29, 0.717) is 11.2 Å². The van der Waals surface area contributed by atoms with E-state index in [1.165, 1.54) is 0 Å². The summed E-state index contributed by atoms with van der Waals surface area (Å²) in [7, 11) is 0. The minimum Gasteiger partial charge on any atom is -0.312 e. The van der Waals surface area contributed by atoms with Gasteiger partial charge in [0.05, 0.1) is 0 Å². The molecule has 0 atom stereocenters.